The molecule has 2 rings (SSSR count). The number of ether oxygens (including phenoxy) is 1. The SMILES string of the molecule is CN(C)c1cc(Cl)nc(NC(=O)Oc2ccccc2)n1. The molecule has 7 heteroatoms. The van der Waals surface area contributed by atoms with Crippen LogP contribution in [0.1, 0.15) is 0 Å². The molecule has 0 spiro atoms. The first kappa shape index (κ1) is 14.1. The third-order valence-corrected chi connectivity index (χ3v) is 2.50. The van der Waals surface area contributed by atoms with Crippen molar-refractivity contribution in [2.75, 3.05) is 24.3 Å². The van der Waals surface area contributed by atoms with Gasteiger partial charge in [-0.3, -0.25) is 5.32 Å². The van der Waals surface area contributed by atoms with Gasteiger partial charge in [0.2, 0.25) is 5.95 Å². The molecule has 104 valence electrons. The molecule has 0 saturated heterocycles. The van der Waals surface area contributed by atoms with Crippen molar-refractivity contribution in [2.45, 2.75) is 0 Å². The molecule has 0 radical (unpaired) electrons. The molecule has 0 atom stereocenters. The fourth-order valence-electron chi connectivity index (χ4n) is 1.40. The number of rotatable bonds is 3. The molecule has 1 heterocycles. The Morgan fingerprint density at radius 2 is 1.95 bits per heavy atom. The summed E-state index contributed by atoms with van der Waals surface area (Å²) in [4.78, 5) is 21.5. The van der Waals surface area contributed by atoms with Crippen molar-refractivity contribution in [3.05, 3.63) is 41.6 Å². The Hall–Kier alpha value is -2.34. The number of aromatic nitrogens is 2. The number of benzene rings is 1. The number of hydrogen-bond acceptors (Lipinski definition) is 5. The molecule has 2 aromatic rings. The Kier molecular flexibility index (Phi) is 4.37. The lowest BCUT2D eigenvalue weighted by molar-refractivity contribution is 0.215. The Balaban J connectivity index is 2.08. The van der Waals surface area contributed by atoms with Crippen LogP contribution in [0.5, 0.6) is 5.75 Å². The van der Waals surface area contributed by atoms with Crippen LogP contribution in [0.2, 0.25) is 5.15 Å². The van der Waals surface area contributed by atoms with Crippen molar-refractivity contribution >= 4 is 29.5 Å². The van der Waals surface area contributed by atoms with Crippen LogP contribution in [0.3, 0.4) is 0 Å². The molecule has 1 aromatic carbocycles. The molecular weight excluding hydrogens is 280 g/mol. The molecule has 0 aliphatic rings. The second kappa shape index (κ2) is 6.21. The van der Waals surface area contributed by atoms with Crippen LogP contribution in [0, 0.1) is 0 Å². The Morgan fingerprint density at radius 1 is 1.25 bits per heavy atom. The number of halogens is 1. The smallest absolute Gasteiger partial charge is 0.410 e. The topological polar surface area (TPSA) is 67.4 Å². The predicted octanol–water partition coefficient (Wildman–Crippen LogP) is 2.81. The van der Waals surface area contributed by atoms with Gasteiger partial charge in [-0.2, -0.15) is 4.98 Å². The zero-order valence-electron chi connectivity index (χ0n) is 11.0. The maximum Gasteiger partial charge on any atom is 0.419 e. The average Bonchev–Trinajstić information content (AvgIpc) is 2.38. The van der Waals surface area contributed by atoms with Crippen LogP contribution in [-0.4, -0.2) is 30.2 Å². The molecule has 0 aliphatic heterocycles. The first-order valence-corrected chi connectivity index (χ1v) is 6.18. The summed E-state index contributed by atoms with van der Waals surface area (Å²) in [7, 11) is 3.62. The summed E-state index contributed by atoms with van der Waals surface area (Å²) in [5.41, 5.74) is 0. The number of hydrogen-bond donors (Lipinski definition) is 1. The highest BCUT2D eigenvalue weighted by Crippen LogP contribution is 2.16. The van der Waals surface area contributed by atoms with E-state index in [-0.39, 0.29) is 11.1 Å². The maximum atomic E-state index is 11.7. The first-order valence-electron chi connectivity index (χ1n) is 5.80. The van der Waals surface area contributed by atoms with E-state index >= 15 is 0 Å². The Labute approximate surface area is 121 Å². The summed E-state index contributed by atoms with van der Waals surface area (Å²) in [6.07, 6.45) is -0.678. The lowest BCUT2D eigenvalue weighted by Gasteiger charge is -2.12. The first-order chi connectivity index (χ1) is 9.54. The molecule has 6 nitrogen and oxygen atoms in total. The van der Waals surface area contributed by atoms with Gasteiger partial charge < -0.3 is 9.64 Å². The van der Waals surface area contributed by atoms with E-state index in [1.165, 1.54) is 0 Å². The molecule has 0 saturated carbocycles. The van der Waals surface area contributed by atoms with Crippen molar-refractivity contribution in [1.29, 1.82) is 0 Å². The number of carbonyl (C=O) groups excluding carboxylic acids is 1. The summed E-state index contributed by atoms with van der Waals surface area (Å²) in [5, 5.41) is 2.67. The monoisotopic (exact) mass is 292 g/mol. The highest BCUT2D eigenvalue weighted by Gasteiger charge is 2.10. The summed E-state index contributed by atoms with van der Waals surface area (Å²) < 4.78 is 5.07. The normalized spacial score (nSPS) is 9.95. The fraction of sp³-hybridized carbons (Fsp3) is 0.154. The van der Waals surface area contributed by atoms with Crippen molar-refractivity contribution in [1.82, 2.24) is 9.97 Å². The van der Waals surface area contributed by atoms with Gasteiger partial charge in [0, 0.05) is 20.2 Å². The van der Waals surface area contributed by atoms with E-state index in [2.05, 4.69) is 15.3 Å². The van der Waals surface area contributed by atoms with Gasteiger partial charge >= 0.3 is 6.09 Å². The summed E-state index contributed by atoms with van der Waals surface area (Å²) >= 11 is 5.87. The Morgan fingerprint density at radius 3 is 2.60 bits per heavy atom. The number of anilines is 2. The zero-order chi connectivity index (χ0) is 14.5. The number of amides is 1. The van der Waals surface area contributed by atoms with Gasteiger partial charge in [0.1, 0.15) is 16.7 Å². The van der Waals surface area contributed by atoms with Gasteiger partial charge in [-0.15, -0.1) is 0 Å². The predicted molar refractivity (Wildman–Crippen MR) is 77.5 cm³/mol. The van der Waals surface area contributed by atoms with Gasteiger partial charge in [-0.1, -0.05) is 29.8 Å². The second-order valence-electron chi connectivity index (χ2n) is 4.09. The van der Waals surface area contributed by atoms with Crippen LogP contribution in [0.15, 0.2) is 36.4 Å². The molecule has 20 heavy (non-hydrogen) atoms. The molecule has 0 aliphatic carbocycles. The van der Waals surface area contributed by atoms with Gasteiger partial charge in [-0.25, -0.2) is 9.78 Å². The third kappa shape index (κ3) is 3.83. The third-order valence-electron chi connectivity index (χ3n) is 2.31. The largest absolute Gasteiger partial charge is 0.419 e. The van der Waals surface area contributed by atoms with Crippen molar-refractivity contribution in [2.24, 2.45) is 0 Å². The van der Waals surface area contributed by atoms with E-state index in [4.69, 9.17) is 16.3 Å². The average molecular weight is 293 g/mol. The highest BCUT2D eigenvalue weighted by atomic mass is 35.5. The molecule has 1 amide bonds. The zero-order valence-corrected chi connectivity index (χ0v) is 11.8. The number of nitrogens with one attached hydrogen (secondary N) is 1. The van der Waals surface area contributed by atoms with Gasteiger partial charge in [0.25, 0.3) is 0 Å². The highest BCUT2D eigenvalue weighted by molar-refractivity contribution is 6.29. The van der Waals surface area contributed by atoms with Gasteiger partial charge in [0.05, 0.1) is 0 Å². The van der Waals surface area contributed by atoms with E-state index in [0.29, 0.717) is 11.6 Å². The molecule has 1 aromatic heterocycles. The van der Waals surface area contributed by atoms with Crippen molar-refractivity contribution in [3.8, 4) is 5.75 Å². The summed E-state index contributed by atoms with van der Waals surface area (Å²) in [6.45, 7) is 0. The number of para-hydroxylation sites is 1. The minimum absolute atomic E-state index is 0.0853. The van der Waals surface area contributed by atoms with Crippen LogP contribution in [-0.2, 0) is 0 Å². The number of carbonyl (C=O) groups is 1. The standard InChI is InChI=1S/C13H13ClN4O2/c1-18(2)11-8-10(14)15-12(16-11)17-13(19)20-9-6-4-3-5-7-9/h3-8H,1-2H3,(H,15,16,17,19). The molecule has 1 N–H and O–H groups in total. The maximum absolute atomic E-state index is 11.7. The molecule has 0 unspecified atom stereocenters. The summed E-state index contributed by atoms with van der Waals surface area (Å²) in [5.74, 6) is 1.10. The van der Waals surface area contributed by atoms with E-state index in [9.17, 15) is 4.79 Å². The van der Waals surface area contributed by atoms with Crippen LogP contribution >= 0.6 is 11.6 Å². The fourth-order valence-corrected chi connectivity index (χ4v) is 1.58. The van der Waals surface area contributed by atoms with E-state index in [1.807, 2.05) is 20.2 Å². The molecule has 0 fully saturated rings. The van der Waals surface area contributed by atoms with Crippen LogP contribution in [0.4, 0.5) is 16.6 Å². The summed E-state index contributed by atoms with van der Waals surface area (Å²) in [6, 6.07) is 10.3. The van der Waals surface area contributed by atoms with Gasteiger partial charge in [0.15, 0.2) is 0 Å². The van der Waals surface area contributed by atoms with Gasteiger partial charge in [-0.05, 0) is 12.1 Å². The van der Waals surface area contributed by atoms with E-state index in [0.717, 1.165) is 0 Å². The van der Waals surface area contributed by atoms with E-state index in [1.54, 1.807) is 35.2 Å². The minimum Gasteiger partial charge on any atom is -0.410 e. The number of nitrogens with zero attached hydrogens (tertiary/aromatic N) is 3. The van der Waals surface area contributed by atoms with E-state index < -0.39 is 6.09 Å². The lowest BCUT2D eigenvalue weighted by atomic mass is 10.3. The Bertz CT molecular complexity index is 605. The molecular formula is C13H13ClN4O2. The minimum atomic E-state index is -0.678. The quantitative estimate of drug-likeness (QED) is 0.881. The van der Waals surface area contributed by atoms with Crippen LogP contribution < -0.4 is 15.0 Å². The van der Waals surface area contributed by atoms with Crippen molar-refractivity contribution in [3.63, 3.8) is 0 Å². The van der Waals surface area contributed by atoms with Crippen LogP contribution in [0.25, 0.3) is 0 Å². The second-order valence-corrected chi connectivity index (χ2v) is 4.48. The lowest BCUT2D eigenvalue weighted by Crippen LogP contribution is -2.20. The van der Waals surface area contributed by atoms with Crippen molar-refractivity contribution < 1.29 is 9.53 Å². The molecule has 0 bridgehead atoms.